The van der Waals surface area contributed by atoms with Crippen LogP contribution in [0.4, 0.5) is 4.70 Å². The van der Waals surface area contributed by atoms with Crippen molar-refractivity contribution in [1.29, 1.82) is 0 Å². The van der Waals surface area contributed by atoms with Crippen molar-refractivity contribution in [1.82, 2.24) is 5.32 Å². The minimum atomic E-state index is -2.56. The maximum atomic E-state index is 8.07. The van der Waals surface area contributed by atoms with Crippen molar-refractivity contribution in [3.63, 3.8) is 0 Å². The Morgan fingerprint density at radius 2 is 1.75 bits per heavy atom. The van der Waals surface area contributed by atoms with Crippen molar-refractivity contribution in [2.24, 2.45) is 0 Å². The lowest BCUT2D eigenvalue weighted by molar-refractivity contribution is -0.305. The molecule has 0 aliphatic heterocycles. The molecule has 0 aromatic rings. The van der Waals surface area contributed by atoms with E-state index < -0.39 is 5.97 Å². The number of nitrogens with one attached hydrogen (secondary N) is 1. The van der Waals surface area contributed by atoms with Crippen molar-refractivity contribution in [3.05, 3.63) is 0 Å². The fraction of sp³-hybridized carbons (Fsp3) is 1.00. The summed E-state index contributed by atoms with van der Waals surface area (Å²) in [6.45, 7) is -0.243. The minimum absolute atomic E-state index is 0. The molecule has 0 rings (SSSR count). The quantitative estimate of drug-likeness (QED) is 0.323. The zero-order valence-corrected chi connectivity index (χ0v) is 4.46. The van der Waals surface area contributed by atoms with E-state index in [4.69, 9.17) is 15.3 Å². The van der Waals surface area contributed by atoms with E-state index in [0.717, 1.165) is 0 Å². The largest absolute Gasteiger partial charge is 0.343 e. The van der Waals surface area contributed by atoms with Gasteiger partial charge in [0.25, 0.3) is 5.97 Å². The van der Waals surface area contributed by atoms with Gasteiger partial charge in [-0.25, -0.2) is 0 Å². The second-order valence-corrected chi connectivity index (χ2v) is 1.30. The van der Waals surface area contributed by atoms with Crippen molar-refractivity contribution >= 4 is 0 Å². The Bertz CT molecular complexity index is 53.0. The zero-order chi connectivity index (χ0) is 5.91. The lowest BCUT2D eigenvalue weighted by Crippen LogP contribution is -2.38. The molecular formula is C3H10FNO3. The number of aliphatic hydroxyl groups is 3. The summed E-state index contributed by atoms with van der Waals surface area (Å²) in [7, 11) is 1.50. The average Bonchev–Trinajstić information content (AvgIpc) is 1.30. The standard InChI is InChI=1S/C3H9NO3.FH/c1-4-2-3(5,6)7;/h4-7H,2H2,1H3;1H. The SMILES string of the molecule is CNCC(O)(O)O.F. The molecule has 0 aromatic heterocycles. The Morgan fingerprint density at radius 3 is 1.75 bits per heavy atom. The van der Waals surface area contributed by atoms with Crippen LogP contribution in [-0.2, 0) is 0 Å². The molecule has 4 nitrogen and oxygen atoms in total. The summed E-state index contributed by atoms with van der Waals surface area (Å²) in [6, 6.07) is 0. The van der Waals surface area contributed by atoms with E-state index in [0.29, 0.717) is 0 Å². The second kappa shape index (κ2) is 3.73. The third kappa shape index (κ3) is 9.24. The molecule has 0 unspecified atom stereocenters. The first-order chi connectivity index (χ1) is 3.06. The Labute approximate surface area is 46.1 Å². The molecule has 0 amide bonds. The maximum Gasteiger partial charge on any atom is 0.288 e. The monoisotopic (exact) mass is 127 g/mol. The summed E-state index contributed by atoms with van der Waals surface area (Å²) in [6.07, 6.45) is 0. The van der Waals surface area contributed by atoms with Crippen LogP contribution in [0.2, 0.25) is 0 Å². The molecule has 0 aromatic carbocycles. The van der Waals surface area contributed by atoms with Gasteiger partial charge in [0.15, 0.2) is 0 Å². The molecule has 4 N–H and O–H groups in total. The molecule has 0 fully saturated rings. The van der Waals surface area contributed by atoms with Crippen LogP contribution < -0.4 is 5.32 Å². The fourth-order valence-corrected chi connectivity index (χ4v) is 0.237. The first kappa shape index (κ1) is 10.7. The minimum Gasteiger partial charge on any atom is -0.343 e. The molecule has 0 spiro atoms. The predicted octanol–water partition coefficient (Wildman–Crippen LogP) is -2.01. The van der Waals surface area contributed by atoms with Gasteiger partial charge in [-0.05, 0) is 7.05 Å². The van der Waals surface area contributed by atoms with Crippen molar-refractivity contribution < 1.29 is 20.0 Å². The van der Waals surface area contributed by atoms with E-state index in [2.05, 4.69) is 5.32 Å². The molecule has 0 aliphatic rings. The lowest BCUT2D eigenvalue weighted by Gasteiger charge is -2.11. The number of halogens is 1. The summed E-state index contributed by atoms with van der Waals surface area (Å²) in [4.78, 5) is 0. The topological polar surface area (TPSA) is 72.7 Å². The van der Waals surface area contributed by atoms with Gasteiger partial charge in [0.2, 0.25) is 0 Å². The van der Waals surface area contributed by atoms with Gasteiger partial charge in [0.05, 0.1) is 6.54 Å². The number of hydrogen-bond acceptors (Lipinski definition) is 4. The highest BCUT2D eigenvalue weighted by Gasteiger charge is 2.14. The summed E-state index contributed by atoms with van der Waals surface area (Å²) in [5, 5.41) is 26.6. The number of likely N-dealkylation sites (N-methyl/N-ethyl adjacent to an activating group) is 1. The van der Waals surface area contributed by atoms with Gasteiger partial charge in [-0.2, -0.15) is 0 Å². The van der Waals surface area contributed by atoms with Crippen LogP contribution >= 0.6 is 0 Å². The van der Waals surface area contributed by atoms with Crippen LogP contribution in [0.15, 0.2) is 0 Å². The Morgan fingerprint density at radius 1 is 1.38 bits per heavy atom. The third-order valence-electron chi connectivity index (χ3n) is 0.414. The summed E-state index contributed by atoms with van der Waals surface area (Å²) < 4.78 is 0. The highest BCUT2D eigenvalue weighted by Crippen LogP contribution is 1.85. The van der Waals surface area contributed by atoms with Gasteiger partial charge in [-0.1, -0.05) is 0 Å². The first-order valence-corrected chi connectivity index (χ1v) is 1.88. The van der Waals surface area contributed by atoms with Crippen molar-refractivity contribution in [3.8, 4) is 0 Å². The van der Waals surface area contributed by atoms with Crippen LogP contribution in [0.1, 0.15) is 0 Å². The molecule has 0 heterocycles. The molecule has 52 valence electrons. The molecule has 0 saturated heterocycles. The normalized spacial score (nSPS) is 10.5. The average molecular weight is 127 g/mol. The highest BCUT2D eigenvalue weighted by molar-refractivity contribution is 4.46. The van der Waals surface area contributed by atoms with E-state index in [9.17, 15) is 0 Å². The summed E-state index contributed by atoms with van der Waals surface area (Å²) >= 11 is 0. The van der Waals surface area contributed by atoms with Crippen LogP contribution in [0, 0.1) is 0 Å². The highest BCUT2D eigenvalue weighted by atomic mass is 19.0. The molecule has 5 heteroatoms. The molecular weight excluding hydrogens is 117 g/mol. The van der Waals surface area contributed by atoms with Gasteiger partial charge >= 0.3 is 0 Å². The third-order valence-corrected chi connectivity index (χ3v) is 0.414. The molecule has 0 saturated carbocycles. The first-order valence-electron chi connectivity index (χ1n) is 1.88. The lowest BCUT2D eigenvalue weighted by atomic mass is 10.6. The van der Waals surface area contributed by atoms with Crippen LogP contribution in [-0.4, -0.2) is 34.9 Å². The van der Waals surface area contributed by atoms with Gasteiger partial charge in [-0.3, -0.25) is 4.70 Å². The molecule has 8 heavy (non-hydrogen) atoms. The van der Waals surface area contributed by atoms with Crippen LogP contribution in [0.25, 0.3) is 0 Å². The molecule has 0 bridgehead atoms. The molecule has 0 atom stereocenters. The predicted molar refractivity (Wildman–Crippen MR) is 25.8 cm³/mol. The van der Waals surface area contributed by atoms with Crippen LogP contribution in [0.5, 0.6) is 0 Å². The molecule has 0 radical (unpaired) electrons. The van der Waals surface area contributed by atoms with Crippen LogP contribution in [0.3, 0.4) is 0 Å². The number of rotatable bonds is 2. The smallest absolute Gasteiger partial charge is 0.288 e. The van der Waals surface area contributed by atoms with Gasteiger partial charge < -0.3 is 20.6 Å². The maximum absolute atomic E-state index is 8.07. The van der Waals surface area contributed by atoms with E-state index in [1.54, 1.807) is 0 Å². The summed E-state index contributed by atoms with van der Waals surface area (Å²) in [5.74, 6) is -2.56. The van der Waals surface area contributed by atoms with Gasteiger partial charge in [0, 0.05) is 0 Å². The molecule has 0 aliphatic carbocycles. The Balaban J connectivity index is 0. The van der Waals surface area contributed by atoms with Crippen molar-refractivity contribution in [2.45, 2.75) is 5.97 Å². The Hall–Kier alpha value is -0.230. The van der Waals surface area contributed by atoms with Gasteiger partial charge in [-0.15, -0.1) is 0 Å². The zero-order valence-electron chi connectivity index (χ0n) is 4.46. The summed E-state index contributed by atoms with van der Waals surface area (Å²) in [5.41, 5.74) is 0. The second-order valence-electron chi connectivity index (χ2n) is 1.30. The fourth-order valence-electron chi connectivity index (χ4n) is 0.237. The van der Waals surface area contributed by atoms with Crippen molar-refractivity contribution in [2.75, 3.05) is 13.6 Å². The van der Waals surface area contributed by atoms with E-state index in [1.165, 1.54) is 7.05 Å². The Kier molecular flexibility index (Phi) is 4.99. The van der Waals surface area contributed by atoms with Gasteiger partial charge in [0.1, 0.15) is 0 Å². The van der Waals surface area contributed by atoms with E-state index in [1.807, 2.05) is 0 Å². The number of hydrogen-bond donors (Lipinski definition) is 4. The van der Waals surface area contributed by atoms with E-state index >= 15 is 0 Å². The van der Waals surface area contributed by atoms with E-state index in [-0.39, 0.29) is 11.2 Å².